The van der Waals surface area contributed by atoms with Gasteiger partial charge in [0.2, 0.25) is 10.0 Å². The quantitative estimate of drug-likeness (QED) is 0.150. The molecule has 2 heterocycles. The highest BCUT2D eigenvalue weighted by Gasteiger charge is 2.32. The summed E-state index contributed by atoms with van der Waals surface area (Å²) in [6, 6.07) is 38.3. The average molecular weight is 664 g/mol. The summed E-state index contributed by atoms with van der Waals surface area (Å²) in [4.78, 5) is 6.98. The number of pyridine rings is 1. The van der Waals surface area contributed by atoms with E-state index in [1.165, 1.54) is 0 Å². The maximum absolute atomic E-state index is 12.7. The first-order valence-corrected chi connectivity index (χ1v) is 17.7. The van der Waals surface area contributed by atoms with Gasteiger partial charge in [0.1, 0.15) is 0 Å². The lowest BCUT2D eigenvalue weighted by Gasteiger charge is -2.38. The molecule has 2 N–H and O–H groups in total. The van der Waals surface area contributed by atoms with Crippen molar-refractivity contribution in [1.29, 1.82) is 0 Å². The van der Waals surface area contributed by atoms with Crippen LogP contribution in [-0.4, -0.2) is 49.6 Å². The van der Waals surface area contributed by atoms with Crippen LogP contribution in [0.1, 0.15) is 46.8 Å². The van der Waals surface area contributed by atoms with Crippen molar-refractivity contribution < 1.29 is 23.0 Å². The van der Waals surface area contributed by atoms with Crippen LogP contribution in [0.4, 0.5) is 0 Å². The Bertz CT molecular complexity index is 1850. The molecule has 0 bridgehead atoms. The van der Waals surface area contributed by atoms with Crippen molar-refractivity contribution in [3.8, 4) is 11.1 Å². The van der Waals surface area contributed by atoms with Crippen molar-refractivity contribution >= 4 is 10.0 Å². The van der Waals surface area contributed by atoms with Crippen molar-refractivity contribution in [1.82, 2.24) is 14.6 Å². The number of nitrogens with one attached hydrogen (secondary N) is 1. The van der Waals surface area contributed by atoms with Crippen LogP contribution in [-0.2, 0) is 39.1 Å². The van der Waals surface area contributed by atoms with E-state index in [1.807, 2.05) is 97.2 Å². The summed E-state index contributed by atoms with van der Waals surface area (Å²) in [5.74, 6) is 0. The summed E-state index contributed by atoms with van der Waals surface area (Å²) >= 11 is 0. The molecule has 6 rings (SSSR count). The number of aromatic nitrogens is 1. The summed E-state index contributed by atoms with van der Waals surface area (Å²) in [7, 11) is -1.50. The first-order chi connectivity index (χ1) is 23.4. The van der Waals surface area contributed by atoms with Crippen molar-refractivity contribution in [2.45, 2.75) is 49.4 Å². The summed E-state index contributed by atoms with van der Waals surface area (Å²) in [5.41, 5.74) is 6.75. The highest BCUT2D eigenvalue weighted by Crippen LogP contribution is 2.38. The number of benzene rings is 4. The van der Waals surface area contributed by atoms with Gasteiger partial charge in [-0.3, -0.25) is 4.98 Å². The normalized spacial score (nSPS) is 18.2. The SMILES string of the molecule is CN(CCc1ccccn1)CC1CC(c2ccc(CO)cc2)OC(c2ccc(-c3cccc(CNS(=O)(=O)c4ccccc4)c3)cc2)O1. The lowest BCUT2D eigenvalue weighted by atomic mass is 9.99. The highest BCUT2D eigenvalue weighted by molar-refractivity contribution is 7.89. The molecule has 48 heavy (non-hydrogen) atoms. The van der Waals surface area contributed by atoms with Gasteiger partial charge in [-0.05, 0) is 65.2 Å². The van der Waals surface area contributed by atoms with Gasteiger partial charge in [0, 0.05) is 49.9 Å². The molecule has 4 aromatic carbocycles. The molecule has 1 fully saturated rings. The molecule has 0 radical (unpaired) electrons. The Balaban J connectivity index is 1.15. The van der Waals surface area contributed by atoms with Crippen LogP contribution >= 0.6 is 0 Å². The van der Waals surface area contributed by atoms with E-state index < -0.39 is 16.3 Å². The number of nitrogens with zero attached hydrogens (tertiary/aromatic N) is 2. The van der Waals surface area contributed by atoms with Crippen molar-refractivity contribution in [3.05, 3.63) is 155 Å². The van der Waals surface area contributed by atoms with Crippen LogP contribution in [0.3, 0.4) is 0 Å². The second kappa shape index (κ2) is 15.8. The molecule has 248 valence electrons. The molecule has 0 spiro atoms. The number of ether oxygens (including phenoxy) is 2. The van der Waals surface area contributed by atoms with E-state index in [0.29, 0.717) is 6.42 Å². The van der Waals surface area contributed by atoms with Gasteiger partial charge in [-0.15, -0.1) is 0 Å². The van der Waals surface area contributed by atoms with Crippen LogP contribution in [0, 0.1) is 0 Å². The highest BCUT2D eigenvalue weighted by atomic mass is 32.2. The fraction of sp³-hybridized carbons (Fsp3) is 0.256. The van der Waals surface area contributed by atoms with Crippen LogP contribution in [0.25, 0.3) is 11.1 Å². The first-order valence-electron chi connectivity index (χ1n) is 16.2. The Morgan fingerprint density at radius 3 is 2.29 bits per heavy atom. The van der Waals surface area contributed by atoms with Gasteiger partial charge in [-0.25, -0.2) is 13.1 Å². The maximum atomic E-state index is 12.7. The van der Waals surface area contributed by atoms with E-state index in [9.17, 15) is 13.5 Å². The Labute approximate surface area is 283 Å². The van der Waals surface area contributed by atoms with Gasteiger partial charge in [0.25, 0.3) is 0 Å². The average Bonchev–Trinajstić information content (AvgIpc) is 3.14. The van der Waals surface area contributed by atoms with Crippen molar-refractivity contribution in [2.75, 3.05) is 20.1 Å². The largest absolute Gasteiger partial charge is 0.392 e. The topological polar surface area (TPSA) is 101 Å². The van der Waals surface area contributed by atoms with Gasteiger partial charge in [0.05, 0.1) is 23.7 Å². The Morgan fingerprint density at radius 1 is 0.812 bits per heavy atom. The minimum atomic E-state index is -3.61. The van der Waals surface area contributed by atoms with Gasteiger partial charge >= 0.3 is 0 Å². The second-order valence-corrected chi connectivity index (χ2v) is 13.9. The summed E-state index contributed by atoms with van der Waals surface area (Å²) < 4.78 is 41.3. The molecule has 9 heteroatoms. The van der Waals surface area contributed by atoms with E-state index in [4.69, 9.17) is 9.47 Å². The zero-order valence-corrected chi connectivity index (χ0v) is 27.8. The Morgan fingerprint density at radius 2 is 1.56 bits per heavy atom. The van der Waals surface area contributed by atoms with Crippen LogP contribution < -0.4 is 4.72 Å². The smallest absolute Gasteiger partial charge is 0.240 e. The Hall–Kier alpha value is -4.22. The fourth-order valence-electron chi connectivity index (χ4n) is 5.88. The standard InChI is InChI=1S/C39H41N3O5S/c1-42(23-21-35-10-5-6-22-40-35)27-36-25-38(32-15-13-29(28-43)14-16-32)47-39(46-36)33-19-17-31(18-20-33)34-9-7-8-30(24-34)26-41-48(44,45)37-11-3-2-4-12-37/h2-20,22,24,36,38-39,41,43H,21,23,25-28H2,1H3. The number of sulfonamides is 1. The molecule has 1 aliphatic heterocycles. The lowest BCUT2D eigenvalue weighted by Crippen LogP contribution is -2.38. The number of hydrogen-bond acceptors (Lipinski definition) is 7. The van der Waals surface area contributed by atoms with Gasteiger partial charge in [-0.1, -0.05) is 91.0 Å². The molecular formula is C39H41N3O5S. The third kappa shape index (κ3) is 8.82. The van der Waals surface area contributed by atoms with Gasteiger partial charge in [0.15, 0.2) is 6.29 Å². The number of aliphatic hydroxyl groups is 1. The number of hydrogen-bond donors (Lipinski definition) is 2. The predicted octanol–water partition coefficient (Wildman–Crippen LogP) is 6.44. The summed E-state index contributed by atoms with van der Waals surface area (Å²) in [5, 5.41) is 9.54. The van der Waals surface area contributed by atoms with Crippen molar-refractivity contribution in [3.63, 3.8) is 0 Å². The minimum Gasteiger partial charge on any atom is -0.392 e. The van der Waals surface area contributed by atoms with E-state index in [0.717, 1.165) is 58.6 Å². The molecule has 3 atom stereocenters. The molecule has 3 unspecified atom stereocenters. The minimum absolute atomic E-state index is 0.000211. The molecule has 1 saturated heterocycles. The molecule has 1 aromatic heterocycles. The van der Waals surface area contributed by atoms with Gasteiger partial charge in [-0.2, -0.15) is 0 Å². The molecule has 0 saturated carbocycles. The molecule has 5 aromatic rings. The van der Waals surface area contributed by atoms with E-state index in [1.54, 1.807) is 30.3 Å². The molecule has 1 aliphatic rings. The summed E-state index contributed by atoms with van der Waals surface area (Å²) in [6.45, 7) is 1.79. The summed E-state index contributed by atoms with van der Waals surface area (Å²) in [6.07, 6.45) is 2.62. The third-order valence-corrected chi connectivity index (χ3v) is 9.99. The molecule has 0 aliphatic carbocycles. The predicted molar refractivity (Wildman–Crippen MR) is 186 cm³/mol. The fourth-order valence-corrected chi connectivity index (χ4v) is 6.92. The third-order valence-electron chi connectivity index (χ3n) is 8.57. The molecule has 0 amide bonds. The zero-order valence-electron chi connectivity index (χ0n) is 27.0. The van der Waals surface area contributed by atoms with E-state index in [-0.39, 0.29) is 30.3 Å². The molecular weight excluding hydrogens is 623 g/mol. The monoisotopic (exact) mass is 663 g/mol. The van der Waals surface area contributed by atoms with E-state index >= 15 is 0 Å². The number of aliphatic hydroxyl groups excluding tert-OH is 1. The maximum Gasteiger partial charge on any atom is 0.240 e. The second-order valence-electron chi connectivity index (χ2n) is 12.1. The van der Waals surface area contributed by atoms with E-state index in [2.05, 4.69) is 21.7 Å². The zero-order chi connectivity index (χ0) is 33.3. The number of rotatable bonds is 13. The van der Waals surface area contributed by atoms with Crippen molar-refractivity contribution in [2.24, 2.45) is 0 Å². The lowest BCUT2D eigenvalue weighted by molar-refractivity contribution is -0.252. The first kappa shape index (κ1) is 33.7. The Kier molecular flexibility index (Phi) is 11.1. The van der Waals surface area contributed by atoms with Gasteiger partial charge < -0.3 is 19.5 Å². The van der Waals surface area contributed by atoms with Crippen LogP contribution in [0.5, 0.6) is 0 Å². The number of likely N-dealkylation sites (N-methyl/N-ethyl adjacent to an activating group) is 1. The molecule has 8 nitrogen and oxygen atoms in total. The van der Waals surface area contributed by atoms with Crippen LogP contribution in [0.15, 0.2) is 132 Å². The van der Waals surface area contributed by atoms with Crippen LogP contribution in [0.2, 0.25) is 0 Å².